The highest BCUT2D eigenvalue weighted by Gasteiger charge is 2.06. The van der Waals surface area contributed by atoms with Crippen LogP contribution in [0.25, 0.3) is 11.5 Å². The van der Waals surface area contributed by atoms with Crippen LogP contribution >= 0.6 is 35.7 Å². The predicted octanol–water partition coefficient (Wildman–Crippen LogP) is 4.42. The summed E-state index contributed by atoms with van der Waals surface area (Å²) in [4.78, 5) is 10.0. The average Bonchev–Trinajstić information content (AvgIpc) is 3.18. The lowest BCUT2D eigenvalue weighted by Crippen LogP contribution is -2.38. The fraction of sp³-hybridized carbons (Fsp3) is 0.200. The number of nitrogens with zero attached hydrogens (tertiary/aromatic N) is 2. The Kier molecular flexibility index (Phi) is 9.20. The zero-order valence-electron chi connectivity index (χ0n) is 15.1. The minimum atomic E-state index is 0. The van der Waals surface area contributed by atoms with Gasteiger partial charge in [0.25, 0.3) is 0 Å². The van der Waals surface area contributed by atoms with Crippen LogP contribution in [-0.2, 0) is 6.54 Å². The Balaban J connectivity index is 0.00000261. The first kappa shape index (κ1) is 21.3. The SMILES string of the molecule is CN=C(NCCSc1ccccc1)NCc1coc(-c2ccccc2)n1.I. The molecule has 5 nitrogen and oxygen atoms in total. The minimum absolute atomic E-state index is 0. The lowest BCUT2D eigenvalue weighted by molar-refractivity contribution is 0.572. The number of hydrogen-bond acceptors (Lipinski definition) is 4. The molecule has 1 aromatic heterocycles. The van der Waals surface area contributed by atoms with Gasteiger partial charge in [0.05, 0.1) is 12.2 Å². The summed E-state index contributed by atoms with van der Waals surface area (Å²) < 4.78 is 5.55. The van der Waals surface area contributed by atoms with E-state index in [1.807, 2.05) is 48.2 Å². The number of rotatable bonds is 7. The summed E-state index contributed by atoms with van der Waals surface area (Å²) in [5, 5.41) is 6.56. The summed E-state index contributed by atoms with van der Waals surface area (Å²) in [5.74, 6) is 2.35. The van der Waals surface area contributed by atoms with Crippen molar-refractivity contribution in [3.05, 3.63) is 72.6 Å². The standard InChI is InChI=1S/C20H22N4OS.HI/c1-21-20(22-12-13-26-18-10-6-3-7-11-18)23-14-17-15-25-19(24-17)16-8-4-2-5-9-16;/h2-11,15H,12-14H2,1H3,(H2,21,22,23);1H. The molecule has 0 aliphatic heterocycles. The third kappa shape index (κ3) is 6.91. The first-order valence-corrected chi connectivity index (χ1v) is 9.46. The third-order valence-corrected chi connectivity index (χ3v) is 4.65. The fourth-order valence-corrected chi connectivity index (χ4v) is 3.14. The summed E-state index contributed by atoms with van der Waals surface area (Å²) >= 11 is 1.82. The Hall–Kier alpha value is -2.00. The average molecular weight is 494 g/mol. The zero-order chi connectivity index (χ0) is 18.0. The highest BCUT2D eigenvalue weighted by atomic mass is 127. The molecule has 7 heteroatoms. The maximum atomic E-state index is 5.55. The number of hydrogen-bond donors (Lipinski definition) is 2. The van der Waals surface area contributed by atoms with E-state index in [2.05, 4.69) is 44.9 Å². The molecular formula is C20H23IN4OS. The van der Waals surface area contributed by atoms with Gasteiger partial charge in [-0.2, -0.15) is 0 Å². The quantitative estimate of drug-likeness (QED) is 0.168. The van der Waals surface area contributed by atoms with Gasteiger partial charge in [-0.3, -0.25) is 4.99 Å². The summed E-state index contributed by atoms with van der Waals surface area (Å²) in [7, 11) is 1.76. The molecule has 142 valence electrons. The minimum Gasteiger partial charge on any atom is -0.444 e. The van der Waals surface area contributed by atoms with E-state index in [0.29, 0.717) is 12.4 Å². The summed E-state index contributed by atoms with van der Waals surface area (Å²) in [6, 6.07) is 20.2. The number of aromatic nitrogens is 1. The molecule has 0 aliphatic rings. The van der Waals surface area contributed by atoms with Gasteiger partial charge < -0.3 is 15.1 Å². The molecule has 0 saturated heterocycles. The molecule has 0 fully saturated rings. The normalized spacial score (nSPS) is 10.9. The Morgan fingerprint density at radius 3 is 2.44 bits per heavy atom. The molecule has 2 aromatic carbocycles. The molecule has 0 amide bonds. The third-order valence-electron chi connectivity index (χ3n) is 3.64. The van der Waals surface area contributed by atoms with E-state index in [-0.39, 0.29) is 24.0 Å². The van der Waals surface area contributed by atoms with Crippen LogP contribution in [0.3, 0.4) is 0 Å². The lowest BCUT2D eigenvalue weighted by Gasteiger charge is -2.10. The van der Waals surface area contributed by atoms with Crippen LogP contribution in [0.15, 0.2) is 81.2 Å². The number of thioether (sulfide) groups is 1. The highest BCUT2D eigenvalue weighted by Crippen LogP contribution is 2.18. The van der Waals surface area contributed by atoms with Crippen molar-refractivity contribution in [2.75, 3.05) is 19.3 Å². The summed E-state index contributed by atoms with van der Waals surface area (Å²) in [6.07, 6.45) is 1.67. The van der Waals surface area contributed by atoms with E-state index in [9.17, 15) is 0 Å². The number of halogens is 1. The molecule has 3 aromatic rings. The molecule has 0 bridgehead atoms. The monoisotopic (exact) mass is 494 g/mol. The van der Waals surface area contributed by atoms with Gasteiger partial charge in [0.15, 0.2) is 5.96 Å². The number of benzene rings is 2. The molecule has 0 spiro atoms. The van der Waals surface area contributed by atoms with Crippen LogP contribution in [0.2, 0.25) is 0 Å². The van der Waals surface area contributed by atoms with Gasteiger partial charge in [0, 0.05) is 29.8 Å². The Morgan fingerprint density at radius 2 is 1.74 bits per heavy atom. The second-order valence-corrected chi connectivity index (χ2v) is 6.69. The summed E-state index contributed by atoms with van der Waals surface area (Å²) in [6.45, 7) is 1.38. The molecule has 0 aliphatic carbocycles. The van der Waals surface area contributed by atoms with Gasteiger partial charge >= 0.3 is 0 Å². The van der Waals surface area contributed by atoms with Crippen LogP contribution < -0.4 is 10.6 Å². The predicted molar refractivity (Wildman–Crippen MR) is 123 cm³/mol. The maximum Gasteiger partial charge on any atom is 0.226 e. The number of oxazole rings is 1. The van der Waals surface area contributed by atoms with Crippen molar-refractivity contribution in [1.82, 2.24) is 15.6 Å². The van der Waals surface area contributed by atoms with E-state index in [1.165, 1.54) is 4.90 Å². The van der Waals surface area contributed by atoms with E-state index >= 15 is 0 Å². The van der Waals surface area contributed by atoms with Crippen molar-refractivity contribution in [1.29, 1.82) is 0 Å². The zero-order valence-corrected chi connectivity index (χ0v) is 18.2. The van der Waals surface area contributed by atoms with Crippen molar-refractivity contribution in [3.63, 3.8) is 0 Å². The molecule has 2 N–H and O–H groups in total. The van der Waals surface area contributed by atoms with Crippen molar-refractivity contribution in [3.8, 4) is 11.5 Å². The van der Waals surface area contributed by atoms with Gasteiger partial charge in [-0.1, -0.05) is 36.4 Å². The molecule has 27 heavy (non-hydrogen) atoms. The first-order valence-electron chi connectivity index (χ1n) is 8.47. The molecule has 0 saturated carbocycles. The van der Waals surface area contributed by atoms with Crippen molar-refractivity contribution >= 4 is 41.7 Å². The largest absolute Gasteiger partial charge is 0.444 e. The number of guanidine groups is 1. The molecule has 1 heterocycles. The molecule has 0 radical (unpaired) electrons. The van der Waals surface area contributed by atoms with Gasteiger partial charge in [0.2, 0.25) is 5.89 Å². The second-order valence-electron chi connectivity index (χ2n) is 5.52. The highest BCUT2D eigenvalue weighted by molar-refractivity contribution is 14.0. The Bertz CT molecular complexity index is 824. The van der Waals surface area contributed by atoms with Gasteiger partial charge in [-0.05, 0) is 24.3 Å². The van der Waals surface area contributed by atoms with Crippen LogP contribution in [0.5, 0.6) is 0 Å². The molecular weight excluding hydrogens is 471 g/mol. The molecule has 0 atom stereocenters. The van der Waals surface area contributed by atoms with E-state index in [0.717, 1.165) is 29.5 Å². The Labute approximate surface area is 181 Å². The van der Waals surface area contributed by atoms with Crippen molar-refractivity contribution < 1.29 is 4.42 Å². The Morgan fingerprint density at radius 1 is 1.04 bits per heavy atom. The second kappa shape index (κ2) is 11.7. The van der Waals surface area contributed by atoms with E-state index < -0.39 is 0 Å². The molecule has 3 rings (SSSR count). The van der Waals surface area contributed by atoms with Crippen molar-refractivity contribution in [2.24, 2.45) is 4.99 Å². The van der Waals surface area contributed by atoms with Crippen molar-refractivity contribution in [2.45, 2.75) is 11.4 Å². The van der Waals surface area contributed by atoms with Crippen LogP contribution in [0, 0.1) is 0 Å². The number of nitrogens with one attached hydrogen (secondary N) is 2. The molecule has 0 unspecified atom stereocenters. The van der Waals surface area contributed by atoms with Gasteiger partial charge in [-0.25, -0.2) is 4.98 Å². The van der Waals surface area contributed by atoms with Crippen LogP contribution in [0.1, 0.15) is 5.69 Å². The van der Waals surface area contributed by atoms with Gasteiger partial charge in [-0.15, -0.1) is 35.7 Å². The van der Waals surface area contributed by atoms with Crippen LogP contribution in [0.4, 0.5) is 0 Å². The summed E-state index contributed by atoms with van der Waals surface area (Å²) in [5.41, 5.74) is 1.81. The van der Waals surface area contributed by atoms with Crippen LogP contribution in [-0.4, -0.2) is 30.3 Å². The van der Waals surface area contributed by atoms with E-state index in [1.54, 1.807) is 13.3 Å². The topological polar surface area (TPSA) is 62.5 Å². The smallest absolute Gasteiger partial charge is 0.226 e. The first-order chi connectivity index (χ1) is 12.8. The lowest BCUT2D eigenvalue weighted by atomic mass is 10.2. The maximum absolute atomic E-state index is 5.55. The fourth-order valence-electron chi connectivity index (χ4n) is 2.35. The van der Waals surface area contributed by atoms with E-state index in [4.69, 9.17) is 4.42 Å². The number of aliphatic imine (C=N–C) groups is 1. The van der Waals surface area contributed by atoms with Gasteiger partial charge in [0.1, 0.15) is 6.26 Å².